The number of nitriles is 1. The summed E-state index contributed by atoms with van der Waals surface area (Å²) < 4.78 is 0.805. The topological polar surface area (TPSA) is 72.8 Å². The largest absolute Gasteiger partial charge is 0.372 e. The van der Waals surface area contributed by atoms with Crippen molar-refractivity contribution in [3.05, 3.63) is 68.7 Å². The van der Waals surface area contributed by atoms with Crippen molar-refractivity contribution in [2.45, 2.75) is 13.8 Å². The number of hydrogen-bond donors (Lipinski definition) is 1. The van der Waals surface area contributed by atoms with Gasteiger partial charge in [0.1, 0.15) is 6.07 Å². The number of nitrogens with zero attached hydrogens (tertiary/aromatic N) is 3. The predicted molar refractivity (Wildman–Crippen MR) is 114 cm³/mol. The van der Waals surface area contributed by atoms with Crippen LogP contribution in [0.3, 0.4) is 0 Å². The molecule has 3 aromatic rings. The van der Waals surface area contributed by atoms with Crippen molar-refractivity contribution in [1.29, 1.82) is 5.26 Å². The first-order valence-electron chi connectivity index (χ1n) is 8.72. The van der Waals surface area contributed by atoms with E-state index in [-0.39, 0.29) is 11.4 Å². The Bertz CT molecular complexity index is 1090. The minimum absolute atomic E-state index is 0.269. The molecule has 3 rings (SSSR count). The summed E-state index contributed by atoms with van der Waals surface area (Å²) in [6.07, 6.45) is 1.73. The molecule has 1 N–H and O–H groups in total. The lowest BCUT2D eigenvalue weighted by molar-refractivity contribution is 0.866. The van der Waals surface area contributed by atoms with Gasteiger partial charge in [0.15, 0.2) is 5.82 Å². The number of benzene rings is 2. The van der Waals surface area contributed by atoms with E-state index in [1.807, 2.05) is 30.3 Å². The smallest absolute Gasteiger partial charge is 0.259 e. The van der Waals surface area contributed by atoms with Crippen LogP contribution in [0.15, 0.2) is 51.7 Å². The third-order valence-corrected chi connectivity index (χ3v) is 4.87. The van der Waals surface area contributed by atoms with E-state index in [0.29, 0.717) is 16.5 Å². The molecule has 6 heteroatoms. The third-order valence-electron chi connectivity index (χ3n) is 4.38. The highest BCUT2D eigenvalue weighted by Gasteiger charge is 2.09. The second-order valence-corrected chi connectivity index (χ2v) is 6.93. The first kappa shape index (κ1) is 18.9. The molecule has 0 bridgehead atoms. The van der Waals surface area contributed by atoms with Crippen LogP contribution in [0.1, 0.15) is 25.2 Å². The van der Waals surface area contributed by atoms with Crippen LogP contribution in [0.5, 0.6) is 0 Å². The number of aromatic amines is 1. The predicted octanol–water partition coefficient (Wildman–Crippen LogP) is 4.60. The van der Waals surface area contributed by atoms with E-state index in [1.165, 1.54) is 0 Å². The van der Waals surface area contributed by atoms with Gasteiger partial charge in [0.25, 0.3) is 5.56 Å². The molecule has 0 aliphatic heterocycles. The Balaban J connectivity index is 2.00. The zero-order chi connectivity index (χ0) is 19.4. The van der Waals surface area contributed by atoms with Gasteiger partial charge in [-0.25, -0.2) is 4.98 Å². The lowest BCUT2D eigenvalue weighted by Crippen LogP contribution is -2.21. The molecule has 27 heavy (non-hydrogen) atoms. The van der Waals surface area contributed by atoms with E-state index in [4.69, 9.17) is 0 Å². The normalized spacial score (nSPS) is 11.4. The molecule has 0 fully saturated rings. The Labute approximate surface area is 166 Å². The van der Waals surface area contributed by atoms with Crippen molar-refractivity contribution < 1.29 is 0 Å². The lowest BCUT2D eigenvalue weighted by atomic mass is 10.1. The number of H-pyrrole nitrogens is 1. The minimum atomic E-state index is -0.269. The molecule has 0 unspecified atom stereocenters. The molecule has 0 radical (unpaired) electrons. The fraction of sp³-hybridized carbons (Fsp3) is 0.190. The highest BCUT2D eigenvalue weighted by molar-refractivity contribution is 9.10. The summed E-state index contributed by atoms with van der Waals surface area (Å²) in [5.74, 6) is 0.269. The van der Waals surface area contributed by atoms with Crippen molar-refractivity contribution in [2.24, 2.45) is 0 Å². The van der Waals surface area contributed by atoms with E-state index >= 15 is 0 Å². The second kappa shape index (κ2) is 8.19. The van der Waals surface area contributed by atoms with Gasteiger partial charge >= 0.3 is 0 Å². The van der Waals surface area contributed by atoms with Gasteiger partial charge in [0.05, 0.1) is 16.5 Å². The minimum Gasteiger partial charge on any atom is -0.372 e. The van der Waals surface area contributed by atoms with E-state index in [1.54, 1.807) is 18.2 Å². The summed E-state index contributed by atoms with van der Waals surface area (Å²) in [5, 5.41) is 10.1. The van der Waals surface area contributed by atoms with Crippen molar-refractivity contribution in [3.8, 4) is 6.07 Å². The summed E-state index contributed by atoms with van der Waals surface area (Å²) >= 11 is 3.35. The summed E-state index contributed by atoms with van der Waals surface area (Å²) in [4.78, 5) is 21.8. The van der Waals surface area contributed by atoms with Gasteiger partial charge in [-0.15, -0.1) is 0 Å². The average molecular weight is 423 g/mol. The van der Waals surface area contributed by atoms with E-state index in [0.717, 1.165) is 28.8 Å². The SMILES string of the molecule is CCN(CC)c1ccc(/C=C(\C#N)c2nc3ccc(Br)cc3c(=O)[nH]2)cc1. The van der Waals surface area contributed by atoms with E-state index < -0.39 is 0 Å². The summed E-state index contributed by atoms with van der Waals surface area (Å²) in [5.41, 5.74) is 2.61. The van der Waals surface area contributed by atoms with Gasteiger partial charge in [-0.3, -0.25) is 4.79 Å². The first-order chi connectivity index (χ1) is 13.0. The van der Waals surface area contributed by atoms with Crippen LogP contribution in [0.4, 0.5) is 5.69 Å². The molecule has 5 nitrogen and oxygen atoms in total. The van der Waals surface area contributed by atoms with E-state index in [2.05, 4.69) is 50.7 Å². The monoisotopic (exact) mass is 422 g/mol. The average Bonchev–Trinajstić information content (AvgIpc) is 2.68. The molecule has 1 heterocycles. The van der Waals surface area contributed by atoms with Crippen molar-refractivity contribution in [1.82, 2.24) is 9.97 Å². The number of nitrogens with one attached hydrogen (secondary N) is 1. The number of anilines is 1. The number of fused-ring (bicyclic) bond motifs is 1. The number of allylic oxidation sites excluding steroid dienone is 1. The molecule has 0 spiro atoms. The Morgan fingerprint density at radius 2 is 1.93 bits per heavy atom. The van der Waals surface area contributed by atoms with Crippen molar-refractivity contribution in [3.63, 3.8) is 0 Å². The Hall–Kier alpha value is -2.91. The molecule has 0 saturated carbocycles. The molecular formula is C21H19BrN4O. The molecule has 136 valence electrons. The maximum atomic E-state index is 12.4. The van der Waals surface area contributed by atoms with Crippen LogP contribution in [0.2, 0.25) is 0 Å². The maximum Gasteiger partial charge on any atom is 0.259 e. The molecule has 2 aromatic carbocycles. The van der Waals surface area contributed by atoms with Crippen molar-refractivity contribution in [2.75, 3.05) is 18.0 Å². The number of rotatable bonds is 5. The fourth-order valence-electron chi connectivity index (χ4n) is 2.93. The molecule has 0 amide bonds. The molecule has 1 aromatic heterocycles. The highest BCUT2D eigenvalue weighted by Crippen LogP contribution is 2.20. The van der Waals surface area contributed by atoms with Crippen LogP contribution in [-0.4, -0.2) is 23.1 Å². The van der Waals surface area contributed by atoms with Gasteiger partial charge in [0.2, 0.25) is 0 Å². The number of hydrogen-bond acceptors (Lipinski definition) is 4. The summed E-state index contributed by atoms with van der Waals surface area (Å²) in [6.45, 7) is 6.11. The standard InChI is InChI=1S/C21H19BrN4O/c1-3-26(4-2)17-8-5-14(6-9-17)11-15(13-23)20-24-19-10-7-16(22)12-18(19)21(27)25-20/h5-12H,3-4H2,1-2H3,(H,24,25,27)/b15-11+. The van der Waals surface area contributed by atoms with Crippen LogP contribution in [0.25, 0.3) is 22.6 Å². The first-order valence-corrected chi connectivity index (χ1v) is 9.51. The quantitative estimate of drug-likeness (QED) is 0.609. The van der Waals surface area contributed by atoms with Crippen LogP contribution >= 0.6 is 15.9 Å². The number of aromatic nitrogens is 2. The van der Waals surface area contributed by atoms with Gasteiger partial charge in [-0.2, -0.15) is 5.26 Å². The maximum absolute atomic E-state index is 12.4. The molecular weight excluding hydrogens is 404 g/mol. The van der Waals surface area contributed by atoms with Crippen LogP contribution < -0.4 is 10.5 Å². The highest BCUT2D eigenvalue weighted by atomic mass is 79.9. The van der Waals surface area contributed by atoms with Crippen LogP contribution in [0, 0.1) is 11.3 Å². The van der Waals surface area contributed by atoms with Gasteiger partial charge in [-0.1, -0.05) is 28.1 Å². The second-order valence-electron chi connectivity index (χ2n) is 6.01. The zero-order valence-electron chi connectivity index (χ0n) is 15.2. The lowest BCUT2D eigenvalue weighted by Gasteiger charge is -2.20. The summed E-state index contributed by atoms with van der Waals surface area (Å²) in [7, 11) is 0. The third kappa shape index (κ3) is 4.09. The van der Waals surface area contributed by atoms with Gasteiger partial charge in [-0.05, 0) is 55.8 Å². The fourth-order valence-corrected chi connectivity index (χ4v) is 3.29. The molecule has 0 aliphatic carbocycles. The van der Waals surface area contributed by atoms with Gasteiger partial charge < -0.3 is 9.88 Å². The Morgan fingerprint density at radius 1 is 1.22 bits per heavy atom. The van der Waals surface area contributed by atoms with E-state index in [9.17, 15) is 10.1 Å². The Morgan fingerprint density at radius 3 is 2.56 bits per heavy atom. The molecule has 0 saturated heterocycles. The Kier molecular flexibility index (Phi) is 5.72. The van der Waals surface area contributed by atoms with Crippen LogP contribution in [-0.2, 0) is 0 Å². The molecule has 0 atom stereocenters. The number of halogens is 1. The molecule has 0 aliphatic rings. The van der Waals surface area contributed by atoms with Gasteiger partial charge in [0, 0.05) is 23.2 Å². The summed E-state index contributed by atoms with van der Waals surface area (Å²) in [6, 6.07) is 15.4. The zero-order valence-corrected chi connectivity index (χ0v) is 16.7. The van der Waals surface area contributed by atoms with Crippen molar-refractivity contribution >= 4 is 44.2 Å².